The molecule has 0 radical (unpaired) electrons. The van der Waals surface area contributed by atoms with Gasteiger partial charge < -0.3 is 14.8 Å². The maximum absolute atomic E-state index is 12.8. The normalized spacial score (nSPS) is 16.1. The molecule has 0 aliphatic carbocycles. The molecule has 0 saturated carbocycles. The van der Waals surface area contributed by atoms with Crippen molar-refractivity contribution in [2.24, 2.45) is 0 Å². The van der Waals surface area contributed by atoms with E-state index in [0.29, 0.717) is 34.4 Å². The molecule has 1 aliphatic heterocycles. The van der Waals surface area contributed by atoms with Crippen molar-refractivity contribution in [3.63, 3.8) is 0 Å². The zero-order valence-corrected chi connectivity index (χ0v) is 17.3. The van der Waals surface area contributed by atoms with Gasteiger partial charge in [-0.1, -0.05) is 36.7 Å². The molecule has 0 aromatic heterocycles. The molecule has 0 bridgehead atoms. The quantitative estimate of drug-likeness (QED) is 0.510. The number of nitrogens with one attached hydrogen (secondary N) is 1. The minimum Gasteiger partial charge on any atom is -0.490 e. The summed E-state index contributed by atoms with van der Waals surface area (Å²) in [5.74, 6) is 0.525. The Balaban J connectivity index is 1.94. The van der Waals surface area contributed by atoms with Crippen molar-refractivity contribution in [3.05, 3.63) is 58.7 Å². The van der Waals surface area contributed by atoms with Crippen molar-refractivity contribution in [3.8, 4) is 11.5 Å². The summed E-state index contributed by atoms with van der Waals surface area (Å²) >= 11 is 6.43. The van der Waals surface area contributed by atoms with Gasteiger partial charge >= 0.3 is 6.03 Å². The molecule has 1 fully saturated rings. The van der Waals surface area contributed by atoms with E-state index in [9.17, 15) is 9.59 Å². The highest BCUT2D eigenvalue weighted by Crippen LogP contribution is 2.38. The first-order valence-electron chi connectivity index (χ1n) is 9.49. The van der Waals surface area contributed by atoms with Crippen molar-refractivity contribution in [1.29, 1.82) is 0 Å². The average Bonchev–Trinajstić information content (AvgIpc) is 2.98. The number of carbonyl (C=O) groups excluding carboxylic acids is 2. The lowest BCUT2D eigenvalue weighted by molar-refractivity contribution is -0.113. The summed E-state index contributed by atoms with van der Waals surface area (Å²) in [4.78, 5) is 26.2. The van der Waals surface area contributed by atoms with Gasteiger partial charge in [-0.25, -0.2) is 9.69 Å². The molecule has 1 saturated heterocycles. The van der Waals surface area contributed by atoms with E-state index < -0.39 is 11.9 Å². The van der Waals surface area contributed by atoms with Gasteiger partial charge in [-0.3, -0.25) is 4.79 Å². The number of carbonyl (C=O) groups is 2. The molecule has 1 unspecified atom stereocenters. The predicted octanol–water partition coefficient (Wildman–Crippen LogP) is 5.01. The standard InChI is InChI=1S/C22H23ClN2O4/c1-4-14(3)29-20-17(23)11-15(13-19(20)28-5-2)12-18-21(26)25(22(27)24-18)16-9-7-6-8-10-16/h6-14H,4-5H2,1-3H3,(H,24,27). The summed E-state index contributed by atoms with van der Waals surface area (Å²) in [6.45, 7) is 6.27. The second-order valence-corrected chi connectivity index (χ2v) is 6.97. The lowest BCUT2D eigenvalue weighted by Crippen LogP contribution is -2.30. The fourth-order valence-corrected chi connectivity index (χ4v) is 3.11. The largest absolute Gasteiger partial charge is 0.490 e. The van der Waals surface area contributed by atoms with E-state index >= 15 is 0 Å². The molecule has 2 aromatic rings. The second kappa shape index (κ2) is 9.01. The third-order valence-electron chi connectivity index (χ3n) is 4.43. The summed E-state index contributed by atoms with van der Waals surface area (Å²) in [5, 5.41) is 2.99. The van der Waals surface area contributed by atoms with E-state index in [4.69, 9.17) is 21.1 Å². The molecule has 29 heavy (non-hydrogen) atoms. The predicted molar refractivity (Wildman–Crippen MR) is 113 cm³/mol. The van der Waals surface area contributed by atoms with E-state index in [-0.39, 0.29) is 11.8 Å². The molecular formula is C22H23ClN2O4. The highest BCUT2D eigenvalue weighted by molar-refractivity contribution is 6.32. The Morgan fingerprint density at radius 1 is 1.17 bits per heavy atom. The molecule has 1 heterocycles. The molecule has 1 N–H and O–H groups in total. The van der Waals surface area contributed by atoms with Gasteiger partial charge in [0.2, 0.25) is 0 Å². The number of benzene rings is 2. The fraction of sp³-hybridized carbons (Fsp3) is 0.273. The maximum Gasteiger partial charge on any atom is 0.333 e. The van der Waals surface area contributed by atoms with Gasteiger partial charge in [-0.05, 0) is 56.2 Å². The number of nitrogens with zero attached hydrogens (tertiary/aromatic N) is 1. The Labute approximate surface area is 175 Å². The van der Waals surface area contributed by atoms with Crippen LogP contribution in [0.3, 0.4) is 0 Å². The first-order chi connectivity index (χ1) is 13.9. The molecule has 1 atom stereocenters. The van der Waals surface area contributed by atoms with E-state index in [1.807, 2.05) is 26.8 Å². The van der Waals surface area contributed by atoms with Crippen molar-refractivity contribution in [1.82, 2.24) is 5.32 Å². The Kier molecular flexibility index (Phi) is 6.44. The van der Waals surface area contributed by atoms with Crippen molar-refractivity contribution in [2.45, 2.75) is 33.3 Å². The molecular weight excluding hydrogens is 392 g/mol. The van der Waals surface area contributed by atoms with Crippen LogP contribution in [-0.4, -0.2) is 24.6 Å². The molecule has 1 aliphatic rings. The van der Waals surface area contributed by atoms with Crippen molar-refractivity contribution in [2.75, 3.05) is 11.5 Å². The molecule has 3 amide bonds. The summed E-state index contributed by atoms with van der Waals surface area (Å²) in [7, 11) is 0. The minimum atomic E-state index is -0.500. The third kappa shape index (κ3) is 4.54. The monoisotopic (exact) mass is 414 g/mol. The smallest absolute Gasteiger partial charge is 0.333 e. The highest BCUT2D eigenvalue weighted by atomic mass is 35.5. The summed E-state index contributed by atoms with van der Waals surface area (Å²) in [5.41, 5.74) is 1.28. The van der Waals surface area contributed by atoms with E-state index in [1.165, 1.54) is 0 Å². The van der Waals surface area contributed by atoms with Gasteiger partial charge in [0.05, 0.1) is 23.4 Å². The second-order valence-electron chi connectivity index (χ2n) is 6.56. The first-order valence-corrected chi connectivity index (χ1v) is 9.87. The van der Waals surface area contributed by atoms with Crippen LogP contribution >= 0.6 is 11.6 Å². The SMILES string of the molecule is CCOc1cc(C=C2NC(=O)N(c3ccccc3)C2=O)cc(Cl)c1OC(C)CC. The van der Waals surface area contributed by atoms with Crippen LogP contribution < -0.4 is 19.7 Å². The number of para-hydroxylation sites is 1. The number of amides is 3. The number of halogens is 1. The Morgan fingerprint density at radius 2 is 1.90 bits per heavy atom. The molecule has 152 valence electrons. The topological polar surface area (TPSA) is 67.9 Å². The summed E-state index contributed by atoms with van der Waals surface area (Å²) < 4.78 is 11.6. The summed E-state index contributed by atoms with van der Waals surface area (Å²) in [6.07, 6.45) is 2.37. The molecule has 6 nitrogen and oxygen atoms in total. The zero-order valence-electron chi connectivity index (χ0n) is 16.6. The van der Waals surface area contributed by atoms with E-state index in [1.54, 1.807) is 42.5 Å². The van der Waals surface area contributed by atoms with Crippen LogP contribution in [0.5, 0.6) is 11.5 Å². The lowest BCUT2D eigenvalue weighted by atomic mass is 10.1. The number of ether oxygens (including phenoxy) is 2. The van der Waals surface area contributed by atoms with Crippen LogP contribution in [0.15, 0.2) is 48.2 Å². The lowest BCUT2D eigenvalue weighted by Gasteiger charge is -2.18. The zero-order chi connectivity index (χ0) is 21.0. The number of rotatable bonds is 7. The Hall–Kier alpha value is -2.99. The van der Waals surface area contributed by atoms with Crippen molar-refractivity contribution >= 4 is 35.3 Å². The van der Waals surface area contributed by atoms with Crippen LogP contribution in [0, 0.1) is 0 Å². The Morgan fingerprint density at radius 3 is 2.55 bits per heavy atom. The third-order valence-corrected chi connectivity index (χ3v) is 4.71. The molecule has 0 spiro atoms. The van der Waals surface area contributed by atoms with Gasteiger partial charge in [0.25, 0.3) is 5.91 Å². The van der Waals surface area contributed by atoms with Crippen LogP contribution in [0.4, 0.5) is 10.5 Å². The molecule has 7 heteroatoms. The number of hydrogen-bond acceptors (Lipinski definition) is 4. The molecule has 3 rings (SSSR count). The van der Waals surface area contributed by atoms with Gasteiger partial charge in [0.15, 0.2) is 11.5 Å². The van der Waals surface area contributed by atoms with E-state index in [2.05, 4.69) is 5.32 Å². The van der Waals surface area contributed by atoms with Crippen LogP contribution in [-0.2, 0) is 4.79 Å². The van der Waals surface area contributed by atoms with Crippen LogP contribution in [0.1, 0.15) is 32.8 Å². The first kappa shape index (κ1) is 20.7. The van der Waals surface area contributed by atoms with Gasteiger partial charge in [-0.15, -0.1) is 0 Å². The Bertz CT molecular complexity index is 943. The number of urea groups is 1. The van der Waals surface area contributed by atoms with Gasteiger partial charge in [-0.2, -0.15) is 0 Å². The van der Waals surface area contributed by atoms with E-state index in [0.717, 1.165) is 11.3 Å². The average molecular weight is 415 g/mol. The highest BCUT2D eigenvalue weighted by Gasteiger charge is 2.34. The fourth-order valence-electron chi connectivity index (χ4n) is 2.85. The summed E-state index contributed by atoms with van der Waals surface area (Å²) in [6, 6.07) is 11.7. The maximum atomic E-state index is 12.8. The number of imide groups is 1. The molecule has 2 aromatic carbocycles. The van der Waals surface area contributed by atoms with Crippen LogP contribution in [0.2, 0.25) is 5.02 Å². The van der Waals surface area contributed by atoms with Gasteiger partial charge in [0.1, 0.15) is 5.70 Å². The number of anilines is 1. The van der Waals surface area contributed by atoms with Gasteiger partial charge in [0, 0.05) is 0 Å². The number of hydrogen-bond donors (Lipinski definition) is 1. The minimum absolute atomic E-state index is 0.0222. The van der Waals surface area contributed by atoms with Crippen molar-refractivity contribution < 1.29 is 19.1 Å². The van der Waals surface area contributed by atoms with Crippen LogP contribution in [0.25, 0.3) is 6.08 Å².